The normalized spacial score (nSPS) is 12.1. The lowest BCUT2D eigenvalue weighted by Crippen LogP contribution is -2.51. The van der Waals surface area contributed by atoms with E-state index in [1.54, 1.807) is 38.3 Å². The van der Waals surface area contributed by atoms with E-state index in [4.69, 9.17) is 4.74 Å². The maximum Gasteiger partial charge on any atom is 0.244 e. The molecule has 2 rings (SSSR count). The number of carbonyl (C=O) groups is 2. The van der Waals surface area contributed by atoms with E-state index >= 15 is 0 Å². The van der Waals surface area contributed by atoms with E-state index in [9.17, 15) is 18.0 Å². The van der Waals surface area contributed by atoms with Gasteiger partial charge in [-0.2, -0.15) is 0 Å². The van der Waals surface area contributed by atoms with Gasteiger partial charge in [0, 0.05) is 13.1 Å². The van der Waals surface area contributed by atoms with Crippen molar-refractivity contribution in [2.24, 2.45) is 0 Å². The van der Waals surface area contributed by atoms with Crippen molar-refractivity contribution in [3.05, 3.63) is 59.2 Å². The first-order chi connectivity index (χ1) is 16.5. The number of benzene rings is 2. The Morgan fingerprint density at radius 1 is 1.09 bits per heavy atom. The van der Waals surface area contributed by atoms with Crippen molar-refractivity contribution in [2.45, 2.75) is 53.1 Å². The number of ether oxygens (including phenoxy) is 1. The average Bonchev–Trinajstić information content (AvgIpc) is 2.82. The molecule has 1 N–H and O–H groups in total. The molecular weight excluding hydrogens is 466 g/mol. The first kappa shape index (κ1) is 28.2. The summed E-state index contributed by atoms with van der Waals surface area (Å²) in [5.74, 6) is -0.0709. The van der Waals surface area contributed by atoms with Gasteiger partial charge in [-0.25, -0.2) is 8.42 Å². The highest BCUT2D eigenvalue weighted by molar-refractivity contribution is 7.92. The number of anilines is 1. The van der Waals surface area contributed by atoms with Gasteiger partial charge in [-0.1, -0.05) is 37.6 Å². The number of unbranched alkanes of at least 4 members (excludes halogenated alkanes) is 1. The molecule has 0 saturated carbocycles. The van der Waals surface area contributed by atoms with Crippen LogP contribution in [0, 0.1) is 13.8 Å². The summed E-state index contributed by atoms with van der Waals surface area (Å²) in [4.78, 5) is 27.9. The van der Waals surface area contributed by atoms with Crippen LogP contribution in [0.1, 0.15) is 43.4 Å². The first-order valence-electron chi connectivity index (χ1n) is 11.7. The molecule has 0 aliphatic heterocycles. The van der Waals surface area contributed by atoms with Gasteiger partial charge in [-0.15, -0.1) is 0 Å². The maximum absolute atomic E-state index is 13.6. The monoisotopic (exact) mass is 503 g/mol. The number of nitrogens with one attached hydrogen (secondary N) is 1. The zero-order valence-corrected chi connectivity index (χ0v) is 22.3. The number of hydrogen-bond donors (Lipinski definition) is 1. The third-order valence-electron chi connectivity index (χ3n) is 6.03. The van der Waals surface area contributed by atoms with Crippen LogP contribution in [0.25, 0.3) is 0 Å². The summed E-state index contributed by atoms with van der Waals surface area (Å²) in [5.41, 5.74) is 2.94. The predicted molar refractivity (Wildman–Crippen MR) is 139 cm³/mol. The summed E-state index contributed by atoms with van der Waals surface area (Å²) in [6, 6.07) is 11.7. The topological polar surface area (TPSA) is 96.0 Å². The Bertz CT molecular complexity index is 1120. The summed E-state index contributed by atoms with van der Waals surface area (Å²) in [6.07, 6.45) is 2.85. The largest absolute Gasteiger partial charge is 0.497 e. The highest BCUT2D eigenvalue weighted by atomic mass is 32.2. The summed E-state index contributed by atoms with van der Waals surface area (Å²) in [5, 5.41) is 2.87. The van der Waals surface area contributed by atoms with Crippen molar-refractivity contribution >= 4 is 27.5 Å². The van der Waals surface area contributed by atoms with E-state index in [2.05, 4.69) is 5.32 Å². The molecule has 9 heteroatoms. The number of aryl methyl sites for hydroxylation is 1. The van der Waals surface area contributed by atoms with Crippen molar-refractivity contribution < 1.29 is 22.7 Å². The Labute approximate surface area is 209 Å². The van der Waals surface area contributed by atoms with Gasteiger partial charge in [0.2, 0.25) is 21.8 Å². The van der Waals surface area contributed by atoms with Crippen LogP contribution in [0.4, 0.5) is 5.69 Å². The van der Waals surface area contributed by atoms with Crippen LogP contribution in [0.15, 0.2) is 42.5 Å². The third-order valence-corrected chi connectivity index (χ3v) is 7.16. The third kappa shape index (κ3) is 7.71. The van der Waals surface area contributed by atoms with Gasteiger partial charge in [-0.05, 0) is 62.1 Å². The molecule has 0 aromatic heterocycles. The van der Waals surface area contributed by atoms with Gasteiger partial charge in [0.1, 0.15) is 18.3 Å². The van der Waals surface area contributed by atoms with Gasteiger partial charge < -0.3 is 15.0 Å². The number of nitrogens with zero attached hydrogens (tertiary/aromatic N) is 2. The standard InChI is InChI=1S/C26H37N3O5S/c1-7-8-16-27-26(31)21(4)28(17-22-12-14-23(34-5)15-13-22)25(30)18-29(35(6,32)33)24-11-9-10-19(2)20(24)3/h9-15,21H,7-8,16-18H2,1-6H3,(H,27,31)/t21-/m1/s1. The molecule has 0 heterocycles. The smallest absolute Gasteiger partial charge is 0.244 e. The Hall–Kier alpha value is -3.07. The van der Waals surface area contributed by atoms with Crippen molar-refractivity contribution in [1.82, 2.24) is 10.2 Å². The molecule has 35 heavy (non-hydrogen) atoms. The van der Waals surface area contributed by atoms with Crippen molar-refractivity contribution in [3.8, 4) is 5.75 Å². The lowest BCUT2D eigenvalue weighted by atomic mass is 10.1. The molecule has 0 saturated heterocycles. The number of sulfonamides is 1. The SMILES string of the molecule is CCCCNC(=O)[C@@H](C)N(Cc1ccc(OC)cc1)C(=O)CN(c1cccc(C)c1C)S(C)(=O)=O. The van der Waals surface area contributed by atoms with E-state index in [0.717, 1.165) is 40.1 Å². The van der Waals surface area contributed by atoms with Crippen LogP contribution in [-0.2, 0) is 26.2 Å². The molecule has 2 amide bonds. The van der Waals surface area contributed by atoms with Crippen LogP contribution >= 0.6 is 0 Å². The predicted octanol–water partition coefficient (Wildman–Crippen LogP) is 3.41. The molecule has 0 radical (unpaired) electrons. The number of hydrogen-bond acceptors (Lipinski definition) is 5. The van der Waals surface area contributed by atoms with Crippen molar-refractivity contribution in [1.29, 1.82) is 0 Å². The minimum absolute atomic E-state index is 0.148. The second-order valence-electron chi connectivity index (χ2n) is 8.68. The zero-order chi connectivity index (χ0) is 26.2. The molecule has 0 bridgehead atoms. The Morgan fingerprint density at radius 3 is 2.31 bits per heavy atom. The first-order valence-corrected chi connectivity index (χ1v) is 13.6. The molecule has 2 aromatic carbocycles. The Morgan fingerprint density at radius 2 is 1.74 bits per heavy atom. The van der Waals surface area contributed by atoms with Gasteiger partial charge >= 0.3 is 0 Å². The lowest BCUT2D eigenvalue weighted by molar-refractivity contribution is -0.139. The Balaban J connectivity index is 2.38. The van der Waals surface area contributed by atoms with Crippen LogP contribution in [-0.4, -0.2) is 57.6 Å². The van der Waals surface area contributed by atoms with Gasteiger partial charge in [0.15, 0.2) is 0 Å². The second kappa shape index (κ2) is 12.6. The fourth-order valence-corrected chi connectivity index (χ4v) is 4.55. The van der Waals surface area contributed by atoms with Gasteiger partial charge in [-0.3, -0.25) is 13.9 Å². The molecule has 0 aliphatic carbocycles. The number of rotatable bonds is 12. The number of amides is 2. The van der Waals surface area contributed by atoms with E-state index in [1.807, 2.05) is 39.0 Å². The molecule has 1 atom stereocenters. The molecule has 2 aromatic rings. The average molecular weight is 504 g/mol. The number of methoxy groups -OCH3 is 1. The van der Waals surface area contributed by atoms with Crippen molar-refractivity contribution in [2.75, 3.05) is 30.8 Å². The minimum atomic E-state index is -3.76. The molecule has 0 fully saturated rings. The van der Waals surface area contributed by atoms with Gasteiger partial charge in [0.25, 0.3) is 0 Å². The molecule has 0 spiro atoms. The van der Waals surface area contributed by atoms with Crippen molar-refractivity contribution in [3.63, 3.8) is 0 Å². The highest BCUT2D eigenvalue weighted by Crippen LogP contribution is 2.25. The van der Waals surface area contributed by atoms with Gasteiger partial charge in [0.05, 0.1) is 19.1 Å². The zero-order valence-electron chi connectivity index (χ0n) is 21.5. The highest BCUT2D eigenvalue weighted by Gasteiger charge is 2.30. The van der Waals surface area contributed by atoms with E-state index in [-0.39, 0.29) is 12.5 Å². The van der Waals surface area contributed by atoms with E-state index in [0.29, 0.717) is 18.0 Å². The van der Waals surface area contributed by atoms with Crippen LogP contribution in [0.3, 0.4) is 0 Å². The maximum atomic E-state index is 13.6. The fourth-order valence-electron chi connectivity index (χ4n) is 3.65. The summed E-state index contributed by atoms with van der Waals surface area (Å²) < 4.78 is 31.8. The Kier molecular flexibility index (Phi) is 10.1. The molecule has 0 unspecified atom stereocenters. The van der Waals surface area contributed by atoms with E-state index in [1.165, 1.54) is 4.90 Å². The van der Waals surface area contributed by atoms with Crippen LogP contribution < -0.4 is 14.4 Å². The lowest BCUT2D eigenvalue weighted by Gasteiger charge is -2.32. The van der Waals surface area contributed by atoms with Crippen LogP contribution in [0.5, 0.6) is 5.75 Å². The fraction of sp³-hybridized carbons (Fsp3) is 0.462. The summed E-state index contributed by atoms with van der Waals surface area (Å²) in [6.45, 7) is 7.66. The summed E-state index contributed by atoms with van der Waals surface area (Å²) >= 11 is 0. The molecular formula is C26H37N3O5S. The molecule has 192 valence electrons. The van der Waals surface area contributed by atoms with E-state index < -0.39 is 28.5 Å². The second-order valence-corrected chi connectivity index (χ2v) is 10.6. The quantitative estimate of drug-likeness (QED) is 0.448. The number of carbonyl (C=O) groups excluding carboxylic acids is 2. The minimum Gasteiger partial charge on any atom is -0.497 e. The summed E-state index contributed by atoms with van der Waals surface area (Å²) in [7, 11) is -2.19. The van der Waals surface area contributed by atoms with Crippen LogP contribution in [0.2, 0.25) is 0 Å². The molecule has 0 aliphatic rings. The molecule has 8 nitrogen and oxygen atoms in total.